The Hall–Kier alpha value is -2.33. The summed E-state index contributed by atoms with van der Waals surface area (Å²) in [4.78, 5) is 30.9. The van der Waals surface area contributed by atoms with Crippen molar-refractivity contribution in [1.29, 1.82) is 0 Å². The number of benzene rings is 1. The minimum Gasteiger partial charge on any atom is -0.504 e. The van der Waals surface area contributed by atoms with Crippen molar-refractivity contribution in [2.24, 2.45) is 5.41 Å². The van der Waals surface area contributed by atoms with E-state index < -0.39 is 66.4 Å². The van der Waals surface area contributed by atoms with Gasteiger partial charge in [-0.15, -0.1) is 0 Å². The van der Waals surface area contributed by atoms with Crippen molar-refractivity contribution in [3.8, 4) is 17.2 Å². The third kappa shape index (κ3) is 3.28. The summed E-state index contributed by atoms with van der Waals surface area (Å²) in [5, 5.41) is 39.9. The Balaban J connectivity index is 3.35. The molecule has 0 spiro atoms. The first-order valence-corrected chi connectivity index (χ1v) is 7.57. The van der Waals surface area contributed by atoms with Crippen LogP contribution in [0.15, 0.2) is 0 Å². The highest BCUT2D eigenvalue weighted by atomic mass is 28.2. The number of hydrogen-bond donors (Lipinski definition) is 4. The number of aromatic hydroxyl groups is 3. The zero-order valence-corrected chi connectivity index (χ0v) is 13.7. The fraction of sp³-hybridized carbons (Fsp3) is 0.417. The number of hydrogen-bond acceptors (Lipinski definition) is 8. The molecule has 0 saturated heterocycles. The van der Waals surface area contributed by atoms with Crippen LogP contribution in [-0.2, 0) is 16.1 Å². The molecule has 0 fully saturated rings. The van der Waals surface area contributed by atoms with Gasteiger partial charge in [0.05, 0.1) is 15.5 Å². The van der Waals surface area contributed by atoms with Gasteiger partial charge in [0.1, 0.15) is 12.2 Å². The molecule has 22 heavy (non-hydrogen) atoms. The summed E-state index contributed by atoms with van der Waals surface area (Å²) in [6, 6.07) is 0. The zero-order valence-electron chi connectivity index (χ0n) is 12.3. The quantitative estimate of drug-likeness (QED) is 0.144. The van der Waals surface area contributed by atoms with Gasteiger partial charge in [0.15, 0.2) is 27.0 Å². The minimum atomic E-state index is -2.18. The number of esters is 1. The molecule has 10 heteroatoms. The van der Waals surface area contributed by atoms with Crippen LogP contribution in [0.5, 0.6) is 17.2 Å². The molecule has 0 amide bonds. The third-order valence-electron chi connectivity index (χ3n) is 2.89. The zero-order chi connectivity index (χ0) is 17.2. The second-order valence-corrected chi connectivity index (χ2v) is 6.62. The molecule has 4 N–H and O–H groups in total. The van der Waals surface area contributed by atoms with Crippen LogP contribution in [0.25, 0.3) is 0 Å². The maximum Gasteiger partial charge on any atom is 0.321 e. The largest absolute Gasteiger partial charge is 0.504 e. The maximum absolute atomic E-state index is 11.7. The molecule has 9 nitrogen and oxygen atoms in total. The molecular formula is C12H17NO8Si. The summed E-state index contributed by atoms with van der Waals surface area (Å²) in [6.07, 6.45) is 0. The Morgan fingerprint density at radius 2 is 1.77 bits per heavy atom. The van der Waals surface area contributed by atoms with Crippen molar-refractivity contribution in [2.45, 2.75) is 27.4 Å². The second-order valence-electron chi connectivity index (χ2n) is 5.59. The highest BCUT2D eigenvalue weighted by molar-refractivity contribution is 6.49. The normalized spacial score (nSPS) is 11.8. The molecule has 0 saturated carbocycles. The highest BCUT2D eigenvalue weighted by Gasteiger charge is 2.32. The molecule has 1 aromatic carbocycles. The van der Waals surface area contributed by atoms with Crippen LogP contribution in [0, 0.1) is 15.5 Å². The van der Waals surface area contributed by atoms with Crippen LogP contribution in [0.3, 0.4) is 0 Å². The highest BCUT2D eigenvalue weighted by Crippen LogP contribution is 2.41. The van der Waals surface area contributed by atoms with E-state index in [1.165, 1.54) is 0 Å². The van der Waals surface area contributed by atoms with Gasteiger partial charge in [-0.25, -0.2) is 0 Å². The molecule has 0 unspecified atom stereocenters. The van der Waals surface area contributed by atoms with E-state index in [9.17, 15) is 30.2 Å². The Kier molecular flexibility index (Phi) is 4.99. The smallest absolute Gasteiger partial charge is 0.321 e. The van der Waals surface area contributed by atoms with Crippen molar-refractivity contribution in [3.05, 3.63) is 15.7 Å². The Morgan fingerprint density at radius 1 is 1.23 bits per heavy atom. The monoisotopic (exact) mass is 331 g/mol. The number of phenols is 3. The predicted molar refractivity (Wildman–Crippen MR) is 77.7 cm³/mol. The standard InChI is InChI=1S/C12H17NO8Si/c1-12(2,3)11(17)21-4-5-6(13(18)19)8(15)10(22-20)9(16)7(5)14/h14-16,20H,4,22H2,1-3H3. The van der Waals surface area contributed by atoms with Gasteiger partial charge in [0.2, 0.25) is 0 Å². The predicted octanol–water partition coefficient (Wildman–Crippen LogP) is -0.498. The van der Waals surface area contributed by atoms with Crippen LogP contribution in [0.2, 0.25) is 0 Å². The first-order chi connectivity index (χ1) is 10.0. The van der Waals surface area contributed by atoms with Gasteiger partial charge in [-0.3, -0.25) is 14.9 Å². The summed E-state index contributed by atoms with van der Waals surface area (Å²) >= 11 is 0. The first-order valence-electron chi connectivity index (χ1n) is 6.23. The molecule has 122 valence electrons. The van der Waals surface area contributed by atoms with Gasteiger partial charge in [-0.05, 0) is 20.8 Å². The number of rotatable bonds is 4. The summed E-state index contributed by atoms with van der Waals surface area (Å²) in [5.74, 6) is -3.36. The van der Waals surface area contributed by atoms with E-state index in [2.05, 4.69) is 0 Å². The molecule has 1 rings (SSSR count). The number of nitro groups is 1. The van der Waals surface area contributed by atoms with E-state index in [1.807, 2.05) is 0 Å². The van der Waals surface area contributed by atoms with E-state index in [1.54, 1.807) is 20.8 Å². The second kappa shape index (κ2) is 6.20. The lowest BCUT2D eigenvalue weighted by Gasteiger charge is -2.17. The van der Waals surface area contributed by atoms with Crippen molar-refractivity contribution in [2.75, 3.05) is 0 Å². The van der Waals surface area contributed by atoms with E-state index in [0.29, 0.717) is 0 Å². The molecule has 0 aliphatic heterocycles. The van der Waals surface area contributed by atoms with E-state index in [-0.39, 0.29) is 0 Å². The number of nitro benzene ring substituents is 1. The van der Waals surface area contributed by atoms with Crippen LogP contribution in [0.4, 0.5) is 5.69 Å². The van der Waals surface area contributed by atoms with Gasteiger partial charge in [0, 0.05) is 0 Å². The van der Waals surface area contributed by atoms with Crippen molar-refractivity contribution in [3.63, 3.8) is 0 Å². The lowest BCUT2D eigenvalue weighted by molar-refractivity contribution is -0.386. The number of carbonyl (C=O) groups is 1. The molecule has 0 bridgehead atoms. The van der Waals surface area contributed by atoms with Gasteiger partial charge < -0.3 is 24.9 Å². The number of phenolic OH excluding ortho intramolecular Hbond substituents is 3. The van der Waals surface area contributed by atoms with Crippen molar-refractivity contribution >= 4 is 26.6 Å². The Labute approximate surface area is 127 Å². The van der Waals surface area contributed by atoms with Gasteiger partial charge in [-0.1, -0.05) is 0 Å². The molecule has 0 aromatic heterocycles. The van der Waals surface area contributed by atoms with Crippen molar-refractivity contribution in [1.82, 2.24) is 0 Å². The fourth-order valence-corrected chi connectivity index (χ4v) is 2.27. The Morgan fingerprint density at radius 3 is 2.18 bits per heavy atom. The first kappa shape index (κ1) is 17.7. The molecule has 0 radical (unpaired) electrons. The molecule has 1 aromatic rings. The topological polar surface area (TPSA) is 150 Å². The van der Waals surface area contributed by atoms with E-state index >= 15 is 0 Å². The summed E-state index contributed by atoms with van der Waals surface area (Å²) < 4.78 is 4.87. The van der Waals surface area contributed by atoms with Crippen LogP contribution in [-0.4, -0.2) is 40.8 Å². The van der Waals surface area contributed by atoms with Gasteiger partial charge in [0.25, 0.3) is 0 Å². The summed E-state index contributed by atoms with van der Waals surface area (Å²) in [5.41, 5.74) is -2.32. The van der Waals surface area contributed by atoms with Crippen molar-refractivity contribution < 1.29 is 34.6 Å². The number of nitrogens with zero attached hydrogens (tertiary/aromatic N) is 1. The lowest BCUT2D eigenvalue weighted by atomic mass is 9.97. The lowest BCUT2D eigenvalue weighted by Crippen LogP contribution is -2.23. The number of ether oxygens (including phenoxy) is 1. The average Bonchev–Trinajstić information content (AvgIpc) is 2.39. The molecule has 0 heterocycles. The van der Waals surface area contributed by atoms with Crippen LogP contribution < -0.4 is 5.19 Å². The molecule has 0 atom stereocenters. The minimum absolute atomic E-state index is 0.449. The molecular weight excluding hydrogens is 314 g/mol. The maximum atomic E-state index is 11.7. The van der Waals surface area contributed by atoms with Gasteiger partial charge >= 0.3 is 11.7 Å². The molecule has 0 aliphatic rings. The van der Waals surface area contributed by atoms with E-state index in [0.717, 1.165) is 0 Å². The van der Waals surface area contributed by atoms with Gasteiger partial charge in [-0.2, -0.15) is 0 Å². The van der Waals surface area contributed by atoms with E-state index in [4.69, 9.17) is 9.53 Å². The Bertz CT molecular complexity index is 623. The SMILES string of the molecule is CC(C)(C)C(=O)OCc1c(O)c(O)c([SiH2]O)c(O)c1[N+](=O)[O-]. The molecule has 0 aliphatic carbocycles. The van der Waals surface area contributed by atoms with Crippen LogP contribution >= 0.6 is 0 Å². The number of carbonyl (C=O) groups excluding carboxylic acids is 1. The average molecular weight is 331 g/mol. The third-order valence-corrected chi connectivity index (χ3v) is 3.88. The summed E-state index contributed by atoms with van der Waals surface area (Å²) in [7, 11) is -2.18. The van der Waals surface area contributed by atoms with Crippen LogP contribution in [0.1, 0.15) is 26.3 Å². The fourth-order valence-electron chi connectivity index (χ4n) is 1.63. The summed E-state index contributed by atoms with van der Waals surface area (Å²) in [6.45, 7) is 4.00.